The molecule has 1 atom stereocenters. The number of fused-ring (bicyclic) bond motifs is 1. The number of aliphatic hydroxyl groups excluding tert-OH is 1. The molecule has 3 rings (SSSR count). The Hall–Kier alpha value is -2.27. The van der Waals surface area contributed by atoms with Gasteiger partial charge in [-0.05, 0) is 19.1 Å². The number of quaternary nitrogens is 1. The van der Waals surface area contributed by atoms with Crippen LogP contribution in [0.2, 0.25) is 0 Å². The molecule has 2 heterocycles. The molecule has 2 N–H and O–H groups in total. The summed E-state index contributed by atoms with van der Waals surface area (Å²) in [5, 5.41) is 21.7. The van der Waals surface area contributed by atoms with Crippen molar-refractivity contribution in [1.29, 1.82) is 0 Å². The number of rotatable bonds is 2. The molecule has 126 valence electrons. The van der Waals surface area contributed by atoms with E-state index in [-0.39, 0.29) is 15.6 Å². The third kappa shape index (κ3) is 2.40. The number of sulfonamides is 1. The van der Waals surface area contributed by atoms with E-state index in [1.54, 1.807) is 6.92 Å². The van der Waals surface area contributed by atoms with Crippen LogP contribution < -0.4 is 5.06 Å². The van der Waals surface area contributed by atoms with E-state index in [1.165, 1.54) is 30.5 Å². The van der Waals surface area contributed by atoms with Crippen LogP contribution in [-0.4, -0.2) is 35.8 Å². The first-order chi connectivity index (χ1) is 11.2. The average Bonchev–Trinajstić information content (AvgIpc) is 2.99. The molecule has 1 aliphatic rings. The van der Waals surface area contributed by atoms with Crippen molar-refractivity contribution >= 4 is 38.2 Å². The van der Waals surface area contributed by atoms with Gasteiger partial charge in [0.05, 0.1) is 4.90 Å². The number of nitrogens with zero attached hydrogens (tertiary/aromatic N) is 2. The number of hydroxylamine groups is 1. The summed E-state index contributed by atoms with van der Waals surface area (Å²) in [5.41, 5.74) is -0.589. The smallest absolute Gasteiger partial charge is 0.372 e. The van der Waals surface area contributed by atoms with E-state index in [4.69, 9.17) is 0 Å². The molecule has 0 radical (unpaired) electrons. The predicted molar refractivity (Wildman–Crippen MR) is 86.8 cm³/mol. The zero-order valence-electron chi connectivity index (χ0n) is 12.7. The van der Waals surface area contributed by atoms with E-state index >= 15 is 0 Å². The number of hydrogen-bond donors (Lipinski definition) is 2. The van der Waals surface area contributed by atoms with Crippen molar-refractivity contribution in [2.45, 2.75) is 11.8 Å². The predicted octanol–water partition coefficient (Wildman–Crippen LogP) is 0.553. The molecular weight excluding hydrogens is 354 g/mol. The SMILES string of the molecule is Cc1cnc([NH+]([O-])C(=O)C2=C(O)c3ccccc3S(=O)(=O)N2C)s1. The average molecular weight is 367 g/mol. The summed E-state index contributed by atoms with van der Waals surface area (Å²) >= 11 is 1.02. The Bertz CT molecular complexity index is 964. The number of carbonyl (C=O) groups excluding carboxylic acids is 1. The summed E-state index contributed by atoms with van der Waals surface area (Å²) in [6.07, 6.45) is 1.44. The van der Waals surface area contributed by atoms with Gasteiger partial charge >= 0.3 is 5.91 Å². The standard InChI is InChI=1S/C14H13N3O5S2/c1-8-7-15-14(23-8)17(20)13(19)11-12(18)9-5-3-4-6-10(9)24(21,22)16(11)2/h3-7,17-18H,1-2H3. The molecular formula is C14H13N3O5S2. The zero-order chi connectivity index (χ0) is 17.6. The fraction of sp³-hybridized carbons (Fsp3) is 0.143. The first-order valence-corrected chi connectivity index (χ1v) is 9.04. The minimum absolute atomic E-state index is 0.0120. The van der Waals surface area contributed by atoms with E-state index < -0.39 is 32.4 Å². The largest absolute Gasteiger partial charge is 0.619 e. The molecule has 1 aliphatic heterocycles. The molecule has 0 saturated heterocycles. The minimum Gasteiger partial charge on any atom is -0.619 e. The molecule has 0 aliphatic carbocycles. The maximum atomic E-state index is 12.5. The van der Waals surface area contributed by atoms with Crippen molar-refractivity contribution in [3.63, 3.8) is 0 Å². The highest BCUT2D eigenvalue weighted by atomic mass is 32.2. The Morgan fingerprint density at radius 2 is 2.04 bits per heavy atom. The van der Waals surface area contributed by atoms with Crippen LogP contribution in [0.4, 0.5) is 5.13 Å². The number of likely N-dealkylation sites (N-methyl/N-ethyl adjacent to an activating group) is 1. The quantitative estimate of drug-likeness (QED) is 0.749. The number of aliphatic hydroxyl groups is 1. The fourth-order valence-electron chi connectivity index (χ4n) is 2.35. The highest BCUT2D eigenvalue weighted by molar-refractivity contribution is 7.89. The summed E-state index contributed by atoms with van der Waals surface area (Å²) in [6, 6.07) is 5.74. The second-order valence-electron chi connectivity index (χ2n) is 5.10. The highest BCUT2D eigenvalue weighted by Crippen LogP contribution is 2.34. The number of thiazole rings is 1. The monoisotopic (exact) mass is 367 g/mol. The first-order valence-electron chi connectivity index (χ1n) is 6.78. The molecule has 0 saturated carbocycles. The van der Waals surface area contributed by atoms with Gasteiger partial charge in [0.15, 0.2) is 5.76 Å². The van der Waals surface area contributed by atoms with Crippen LogP contribution >= 0.6 is 11.3 Å². The van der Waals surface area contributed by atoms with Crippen LogP contribution in [0.15, 0.2) is 41.1 Å². The van der Waals surface area contributed by atoms with Crippen LogP contribution in [0.25, 0.3) is 5.76 Å². The van der Waals surface area contributed by atoms with Gasteiger partial charge in [0.1, 0.15) is 0 Å². The van der Waals surface area contributed by atoms with Crippen molar-refractivity contribution in [2.24, 2.45) is 0 Å². The minimum atomic E-state index is -4.03. The number of hydrogen-bond acceptors (Lipinski definition) is 7. The lowest BCUT2D eigenvalue weighted by molar-refractivity contribution is -0.686. The van der Waals surface area contributed by atoms with Crippen LogP contribution in [0.5, 0.6) is 0 Å². The van der Waals surface area contributed by atoms with Crippen molar-refractivity contribution in [3.8, 4) is 0 Å². The molecule has 24 heavy (non-hydrogen) atoms. The molecule has 1 unspecified atom stereocenters. The highest BCUT2D eigenvalue weighted by Gasteiger charge is 2.41. The van der Waals surface area contributed by atoms with Crippen LogP contribution in [0.1, 0.15) is 10.4 Å². The Morgan fingerprint density at radius 1 is 1.38 bits per heavy atom. The summed E-state index contributed by atoms with van der Waals surface area (Å²) in [6.45, 7) is 1.73. The Labute approximate surface area is 141 Å². The Morgan fingerprint density at radius 3 is 2.67 bits per heavy atom. The number of aryl methyl sites for hydroxylation is 1. The molecule has 1 aromatic heterocycles. The van der Waals surface area contributed by atoms with E-state index in [0.717, 1.165) is 23.3 Å². The summed E-state index contributed by atoms with van der Waals surface area (Å²) in [5.74, 6) is -1.67. The molecule has 0 spiro atoms. The van der Waals surface area contributed by atoms with Crippen molar-refractivity contribution < 1.29 is 23.4 Å². The normalized spacial score (nSPS) is 17.5. The lowest BCUT2D eigenvalue weighted by atomic mass is 10.1. The van der Waals surface area contributed by atoms with Gasteiger partial charge in [-0.3, -0.25) is 4.31 Å². The number of amides is 1. The number of nitrogens with one attached hydrogen (secondary N) is 1. The molecule has 10 heteroatoms. The lowest BCUT2D eigenvalue weighted by Gasteiger charge is -2.29. The van der Waals surface area contributed by atoms with Crippen molar-refractivity contribution in [1.82, 2.24) is 9.29 Å². The molecule has 2 aromatic rings. The van der Waals surface area contributed by atoms with Gasteiger partial charge in [-0.2, -0.15) is 4.98 Å². The van der Waals surface area contributed by atoms with Crippen LogP contribution in [-0.2, 0) is 14.8 Å². The molecule has 1 aromatic carbocycles. The third-order valence-electron chi connectivity index (χ3n) is 3.56. The first kappa shape index (κ1) is 16.6. The second-order valence-corrected chi connectivity index (χ2v) is 8.27. The van der Waals surface area contributed by atoms with Crippen LogP contribution in [0.3, 0.4) is 0 Å². The molecule has 1 amide bonds. The molecule has 0 bridgehead atoms. The van der Waals surface area contributed by atoms with Gasteiger partial charge < -0.3 is 10.3 Å². The summed E-state index contributed by atoms with van der Waals surface area (Å²) in [7, 11) is -2.91. The number of aromatic nitrogens is 1. The van der Waals surface area contributed by atoms with E-state index in [2.05, 4.69) is 4.98 Å². The fourth-order valence-corrected chi connectivity index (χ4v) is 4.45. The maximum Gasteiger partial charge on any atom is 0.372 e. The topological polar surface area (TPSA) is 115 Å². The van der Waals surface area contributed by atoms with Crippen molar-refractivity contribution in [2.75, 3.05) is 7.05 Å². The second kappa shape index (κ2) is 5.67. The Balaban J connectivity index is 2.14. The third-order valence-corrected chi connectivity index (χ3v) is 6.28. The zero-order valence-corrected chi connectivity index (χ0v) is 14.3. The van der Waals surface area contributed by atoms with E-state index in [9.17, 15) is 23.5 Å². The van der Waals surface area contributed by atoms with E-state index in [1.807, 2.05) is 0 Å². The van der Waals surface area contributed by atoms with Gasteiger partial charge in [-0.15, -0.1) is 0 Å². The maximum absolute atomic E-state index is 12.5. The number of benzene rings is 1. The molecule has 0 fully saturated rings. The number of carbonyl (C=O) groups is 1. The van der Waals surface area contributed by atoms with E-state index in [0.29, 0.717) is 4.31 Å². The van der Waals surface area contributed by atoms with Gasteiger partial charge in [-0.25, -0.2) is 18.3 Å². The van der Waals surface area contributed by atoms with Gasteiger partial charge in [0.25, 0.3) is 15.2 Å². The van der Waals surface area contributed by atoms with Gasteiger partial charge in [0, 0.05) is 23.7 Å². The summed E-state index contributed by atoms with van der Waals surface area (Å²) in [4.78, 5) is 17.0. The van der Waals surface area contributed by atoms with Crippen LogP contribution in [0, 0.1) is 12.1 Å². The lowest BCUT2D eigenvalue weighted by Crippen LogP contribution is -3.05. The van der Waals surface area contributed by atoms with Gasteiger partial charge in [-0.1, -0.05) is 23.5 Å². The van der Waals surface area contributed by atoms with Crippen molar-refractivity contribution in [3.05, 3.63) is 51.8 Å². The van der Waals surface area contributed by atoms with Gasteiger partial charge in [0.2, 0.25) is 5.70 Å². The molecule has 8 nitrogen and oxygen atoms in total. The Kier molecular flexibility index (Phi) is 3.92. The summed E-state index contributed by atoms with van der Waals surface area (Å²) < 4.78 is 25.7.